The average Bonchev–Trinajstić information content (AvgIpc) is 2.80. The molecule has 5 heteroatoms. The van der Waals surface area contributed by atoms with Gasteiger partial charge in [-0.25, -0.2) is 0 Å². The first kappa shape index (κ1) is 19.6. The molecule has 0 amide bonds. The van der Waals surface area contributed by atoms with Gasteiger partial charge in [0.05, 0.1) is 6.61 Å². The fourth-order valence-corrected chi connectivity index (χ4v) is 3.60. The zero-order chi connectivity index (χ0) is 18.2. The van der Waals surface area contributed by atoms with Crippen LogP contribution in [0.1, 0.15) is 46.3 Å². The number of rotatable bonds is 5. The number of hydrogen-bond donors (Lipinski definition) is 1. The van der Waals surface area contributed by atoms with Crippen LogP contribution in [0.15, 0.2) is 30.3 Å². The fraction of sp³-hybridized carbons (Fsp3) is 0.684. The van der Waals surface area contributed by atoms with Crippen molar-refractivity contribution >= 4 is 8.32 Å². The summed E-state index contributed by atoms with van der Waals surface area (Å²) >= 11 is 0. The van der Waals surface area contributed by atoms with Crippen LogP contribution in [0.3, 0.4) is 0 Å². The summed E-state index contributed by atoms with van der Waals surface area (Å²) < 4.78 is 18.2. The molecule has 3 atom stereocenters. The Balaban J connectivity index is 2.10. The topological polar surface area (TPSA) is 47.9 Å². The monoisotopic (exact) mass is 352 g/mol. The van der Waals surface area contributed by atoms with Crippen molar-refractivity contribution in [2.45, 2.75) is 76.8 Å². The van der Waals surface area contributed by atoms with Crippen LogP contribution < -0.4 is 0 Å². The van der Waals surface area contributed by atoms with E-state index in [9.17, 15) is 5.11 Å². The predicted octanol–water partition coefficient (Wildman–Crippen LogP) is 4.26. The SMILES string of the molecule is CC1(C)O[C@@H]([C@@H](O)CO[Si](C)(C)C(C)(C)C)[C@H](c2ccccc2)O1. The van der Waals surface area contributed by atoms with E-state index in [1.807, 2.05) is 44.2 Å². The maximum absolute atomic E-state index is 10.7. The number of aliphatic hydroxyl groups is 1. The molecule has 0 saturated carbocycles. The number of hydrogen-bond acceptors (Lipinski definition) is 4. The molecular formula is C19H32O4Si. The highest BCUT2D eigenvalue weighted by Gasteiger charge is 2.46. The molecule has 1 saturated heterocycles. The zero-order valence-corrected chi connectivity index (χ0v) is 17.0. The molecule has 136 valence electrons. The van der Waals surface area contributed by atoms with Crippen LogP contribution in [0.5, 0.6) is 0 Å². The second-order valence-corrected chi connectivity index (χ2v) is 13.4. The van der Waals surface area contributed by atoms with Gasteiger partial charge in [-0.15, -0.1) is 0 Å². The Kier molecular flexibility index (Phi) is 5.62. The number of benzene rings is 1. The van der Waals surface area contributed by atoms with Gasteiger partial charge in [0.1, 0.15) is 18.3 Å². The van der Waals surface area contributed by atoms with E-state index >= 15 is 0 Å². The summed E-state index contributed by atoms with van der Waals surface area (Å²) in [6, 6.07) is 9.92. The molecule has 0 spiro atoms. The lowest BCUT2D eigenvalue weighted by Gasteiger charge is -2.37. The van der Waals surface area contributed by atoms with Crippen LogP contribution in [0.4, 0.5) is 0 Å². The second-order valence-electron chi connectivity index (χ2n) is 8.57. The Morgan fingerprint density at radius 1 is 1.17 bits per heavy atom. The smallest absolute Gasteiger partial charge is 0.192 e. The molecule has 4 nitrogen and oxygen atoms in total. The minimum atomic E-state index is -1.91. The molecule has 1 N–H and O–H groups in total. The van der Waals surface area contributed by atoms with Gasteiger partial charge in [-0.3, -0.25) is 0 Å². The van der Waals surface area contributed by atoms with E-state index in [1.54, 1.807) is 0 Å². The quantitative estimate of drug-likeness (QED) is 0.804. The van der Waals surface area contributed by atoms with Crippen molar-refractivity contribution in [2.24, 2.45) is 0 Å². The van der Waals surface area contributed by atoms with Gasteiger partial charge in [-0.1, -0.05) is 51.1 Å². The standard InChI is InChI=1S/C19H32O4Si/c1-18(2,3)24(6,7)21-13-15(20)17-16(22-19(4,5)23-17)14-11-9-8-10-12-14/h8-12,15-17,20H,13H2,1-7H3/t15-,16-,17-/m0/s1. The van der Waals surface area contributed by atoms with E-state index in [0.29, 0.717) is 0 Å². The Bertz CT molecular complexity index is 536. The lowest BCUT2D eigenvalue weighted by atomic mass is 10.0. The molecule has 1 aliphatic heterocycles. The Hall–Kier alpha value is -0.723. The van der Waals surface area contributed by atoms with Gasteiger partial charge in [-0.2, -0.15) is 0 Å². The van der Waals surface area contributed by atoms with Crippen molar-refractivity contribution < 1.29 is 19.0 Å². The molecule has 0 aliphatic carbocycles. The minimum Gasteiger partial charge on any atom is -0.414 e. The van der Waals surface area contributed by atoms with Crippen LogP contribution in [0.2, 0.25) is 18.1 Å². The largest absolute Gasteiger partial charge is 0.414 e. The van der Waals surface area contributed by atoms with Gasteiger partial charge < -0.3 is 19.0 Å². The summed E-state index contributed by atoms with van der Waals surface area (Å²) in [5.41, 5.74) is 1.01. The van der Waals surface area contributed by atoms with Crippen LogP contribution in [-0.4, -0.2) is 38.0 Å². The van der Waals surface area contributed by atoms with E-state index in [2.05, 4.69) is 33.9 Å². The molecule has 1 aliphatic rings. The van der Waals surface area contributed by atoms with E-state index in [1.165, 1.54) is 0 Å². The van der Waals surface area contributed by atoms with Crippen molar-refractivity contribution in [1.29, 1.82) is 0 Å². The zero-order valence-electron chi connectivity index (χ0n) is 16.0. The summed E-state index contributed by atoms with van der Waals surface area (Å²) in [7, 11) is -1.91. The lowest BCUT2D eigenvalue weighted by molar-refractivity contribution is -0.157. The highest BCUT2D eigenvalue weighted by molar-refractivity contribution is 6.74. The first-order valence-electron chi connectivity index (χ1n) is 8.65. The maximum atomic E-state index is 10.7. The Labute approximate surface area is 147 Å². The third-order valence-corrected chi connectivity index (χ3v) is 9.56. The van der Waals surface area contributed by atoms with Crippen molar-refractivity contribution in [3.05, 3.63) is 35.9 Å². The first-order chi connectivity index (χ1) is 10.9. The van der Waals surface area contributed by atoms with Crippen LogP contribution in [0.25, 0.3) is 0 Å². The first-order valence-corrected chi connectivity index (χ1v) is 11.6. The lowest BCUT2D eigenvalue weighted by Crippen LogP contribution is -2.45. The van der Waals surface area contributed by atoms with Crippen molar-refractivity contribution in [3.8, 4) is 0 Å². The molecule has 2 rings (SSSR count). The minimum absolute atomic E-state index is 0.109. The predicted molar refractivity (Wildman–Crippen MR) is 98.4 cm³/mol. The van der Waals surface area contributed by atoms with Crippen LogP contribution in [-0.2, 0) is 13.9 Å². The van der Waals surface area contributed by atoms with E-state index in [4.69, 9.17) is 13.9 Å². The molecule has 1 aromatic carbocycles. The van der Waals surface area contributed by atoms with Gasteiger partial charge in [-0.05, 0) is 37.5 Å². The number of ether oxygens (including phenoxy) is 2. The van der Waals surface area contributed by atoms with Crippen molar-refractivity contribution in [2.75, 3.05) is 6.61 Å². The summed E-state index contributed by atoms with van der Waals surface area (Å²) in [6.07, 6.45) is -1.46. The molecule has 24 heavy (non-hydrogen) atoms. The average molecular weight is 353 g/mol. The van der Waals surface area contributed by atoms with E-state index in [-0.39, 0.29) is 17.7 Å². The van der Waals surface area contributed by atoms with Crippen LogP contribution in [0, 0.1) is 0 Å². The molecule has 1 fully saturated rings. The maximum Gasteiger partial charge on any atom is 0.192 e. The van der Waals surface area contributed by atoms with Crippen molar-refractivity contribution in [1.82, 2.24) is 0 Å². The Morgan fingerprint density at radius 3 is 2.29 bits per heavy atom. The van der Waals surface area contributed by atoms with Gasteiger partial charge in [0.15, 0.2) is 14.1 Å². The highest BCUT2D eigenvalue weighted by Crippen LogP contribution is 2.41. The van der Waals surface area contributed by atoms with Gasteiger partial charge in [0.25, 0.3) is 0 Å². The number of aliphatic hydroxyl groups excluding tert-OH is 1. The molecule has 0 unspecified atom stereocenters. The van der Waals surface area contributed by atoms with Gasteiger partial charge in [0.2, 0.25) is 0 Å². The van der Waals surface area contributed by atoms with E-state index in [0.717, 1.165) is 5.56 Å². The summed E-state index contributed by atoms with van der Waals surface area (Å²) in [5.74, 6) is -0.719. The second kappa shape index (κ2) is 6.88. The summed E-state index contributed by atoms with van der Waals surface area (Å²) in [6.45, 7) is 15.0. The summed E-state index contributed by atoms with van der Waals surface area (Å²) in [4.78, 5) is 0. The third kappa shape index (κ3) is 4.46. The van der Waals surface area contributed by atoms with Crippen molar-refractivity contribution in [3.63, 3.8) is 0 Å². The van der Waals surface area contributed by atoms with Crippen LogP contribution >= 0.6 is 0 Å². The fourth-order valence-electron chi connectivity index (χ4n) is 2.58. The normalized spacial score (nSPS) is 25.7. The molecular weight excluding hydrogens is 320 g/mol. The molecule has 0 aromatic heterocycles. The highest BCUT2D eigenvalue weighted by atomic mass is 28.4. The van der Waals surface area contributed by atoms with Gasteiger partial charge in [0, 0.05) is 0 Å². The van der Waals surface area contributed by atoms with Gasteiger partial charge >= 0.3 is 0 Å². The molecule has 0 radical (unpaired) electrons. The molecule has 1 aromatic rings. The Morgan fingerprint density at radius 2 is 1.75 bits per heavy atom. The summed E-state index contributed by atoms with van der Waals surface area (Å²) in [5, 5.41) is 10.8. The third-order valence-electron chi connectivity index (χ3n) is 5.06. The van der Waals surface area contributed by atoms with E-state index < -0.39 is 26.3 Å². The molecule has 0 bridgehead atoms. The molecule has 1 heterocycles.